The molecule has 0 bridgehead atoms. The van der Waals surface area contributed by atoms with Crippen molar-refractivity contribution < 1.29 is 0 Å². The SMILES string of the molecule is Cc1cccc(-c2cccc3c2-c2ccccc2C3)c1-c1c(C)cccc1-n1c2ccccc2c2c3c(ccc21)C(C)(C)c1ccccc1-3. The van der Waals surface area contributed by atoms with E-state index < -0.39 is 0 Å². The molecule has 8 aromatic rings. The number of aryl methyl sites for hydroxylation is 2. The van der Waals surface area contributed by atoms with E-state index in [0.717, 1.165) is 6.42 Å². The highest BCUT2D eigenvalue weighted by Crippen LogP contribution is 2.54. The first-order chi connectivity index (χ1) is 23.9. The summed E-state index contributed by atoms with van der Waals surface area (Å²) < 4.78 is 2.54. The highest BCUT2D eigenvalue weighted by atomic mass is 15.0. The number of fused-ring (bicyclic) bond motifs is 10. The summed E-state index contributed by atoms with van der Waals surface area (Å²) in [7, 11) is 0. The van der Waals surface area contributed by atoms with Crippen LogP contribution in [0.25, 0.3) is 72.0 Å². The van der Waals surface area contributed by atoms with E-state index >= 15 is 0 Å². The number of nitrogens with zero attached hydrogens (tertiary/aromatic N) is 1. The van der Waals surface area contributed by atoms with Gasteiger partial charge >= 0.3 is 0 Å². The maximum Gasteiger partial charge on any atom is 0.0547 e. The van der Waals surface area contributed by atoms with E-state index in [0.29, 0.717) is 0 Å². The van der Waals surface area contributed by atoms with Gasteiger partial charge in [0.05, 0.1) is 16.7 Å². The fourth-order valence-electron chi connectivity index (χ4n) is 9.31. The molecule has 0 amide bonds. The summed E-state index contributed by atoms with van der Waals surface area (Å²) in [6.07, 6.45) is 0.988. The monoisotopic (exact) mass is 627 g/mol. The average Bonchev–Trinajstić information content (AvgIpc) is 3.74. The summed E-state index contributed by atoms with van der Waals surface area (Å²) in [4.78, 5) is 0. The van der Waals surface area contributed by atoms with E-state index in [-0.39, 0.29) is 5.41 Å². The van der Waals surface area contributed by atoms with Crippen molar-refractivity contribution in [2.24, 2.45) is 0 Å². The summed E-state index contributed by atoms with van der Waals surface area (Å²) in [6, 6.07) is 52.3. The highest BCUT2D eigenvalue weighted by Gasteiger charge is 2.37. The van der Waals surface area contributed by atoms with E-state index in [2.05, 4.69) is 172 Å². The molecule has 0 atom stereocenters. The third-order valence-corrected chi connectivity index (χ3v) is 11.5. The maximum absolute atomic E-state index is 2.54. The second-order valence-electron chi connectivity index (χ2n) is 14.5. The predicted molar refractivity (Wildman–Crippen MR) is 207 cm³/mol. The third kappa shape index (κ3) is 3.82. The van der Waals surface area contributed by atoms with Crippen LogP contribution in [0.1, 0.15) is 47.2 Å². The van der Waals surface area contributed by atoms with Crippen LogP contribution in [0.5, 0.6) is 0 Å². The van der Waals surface area contributed by atoms with Gasteiger partial charge in [0.15, 0.2) is 0 Å². The van der Waals surface area contributed by atoms with Gasteiger partial charge in [0.2, 0.25) is 0 Å². The van der Waals surface area contributed by atoms with Crippen molar-refractivity contribution in [3.63, 3.8) is 0 Å². The molecule has 1 heterocycles. The highest BCUT2D eigenvalue weighted by molar-refractivity contribution is 6.18. The van der Waals surface area contributed by atoms with E-state index in [1.165, 1.54) is 105 Å². The summed E-state index contributed by atoms with van der Waals surface area (Å²) in [5.41, 5.74) is 22.6. The molecule has 10 rings (SSSR count). The molecule has 2 aliphatic carbocycles. The molecule has 49 heavy (non-hydrogen) atoms. The molecule has 0 fully saturated rings. The lowest BCUT2D eigenvalue weighted by molar-refractivity contribution is 0.661. The normalized spacial score (nSPS) is 13.8. The summed E-state index contributed by atoms with van der Waals surface area (Å²) in [5.74, 6) is 0. The third-order valence-electron chi connectivity index (χ3n) is 11.5. The Hall–Kier alpha value is -5.66. The molecule has 1 nitrogen and oxygen atoms in total. The molecule has 0 aliphatic heterocycles. The summed E-state index contributed by atoms with van der Waals surface area (Å²) >= 11 is 0. The van der Waals surface area contributed by atoms with E-state index in [9.17, 15) is 0 Å². The lowest BCUT2D eigenvalue weighted by Crippen LogP contribution is -2.14. The van der Waals surface area contributed by atoms with Crippen molar-refractivity contribution in [3.05, 3.63) is 173 Å². The minimum atomic E-state index is -0.0531. The van der Waals surface area contributed by atoms with Crippen molar-refractivity contribution in [2.45, 2.75) is 39.5 Å². The number of para-hydroxylation sites is 1. The fourth-order valence-corrected chi connectivity index (χ4v) is 9.31. The Morgan fingerprint density at radius 2 is 1.08 bits per heavy atom. The molecular formula is C48H37N. The van der Waals surface area contributed by atoms with E-state index in [1.807, 2.05) is 0 Å². The zero-order valence-electron chi connectivity index (χ0n) is 28.4. The van der Waals surface area contributed by atoms with Gasteiger partial charge < -0.3 is 4.57 Å². The largest absolute Gasteiger partial charge is 0.309 e. The molecule has 1 heteroatoms. The van der Waals surface area contributed by atoms with Crippen molar-refractivity contribution in [3.8, 4) is 50.2 Å². The van der Waals surface area contributed by atoms with Crippen LogP contribution in [0.4, 0.5) is 0 Å². The molecule has 2 aliphatic rings. The van der Waals surface area contributed by atoms with Gasteiger partial charge in [-0.2, -0.15) is 0 Å². The number of hydrogen-bond acceptors (Lipinski definition) is 0. The standard InChI is InChI=1S/C48H37N/c1-29-14-11-21-34(35-22-13-17-32-28-31-16-5-6-18-33(31)45(32)35)43(29)44-30(2)15-12-25-41(44)49-40-24-10-8-20-37(40)47-42(49)27-26-39-46(47)36-19-7-9-23-38(36)48(39,3)4/h5-27H,28H2,1-4H3. The lowest BCUT2D eigenvalue weighted by Gasteiger charge is -2.23. The van der Waals surface area contributed by atoms with E-state index in [4.69, 9.17) is 0 Å². The molecular weight excluding hydrogens is 591 g/mol. The first kappa shape index (κ1) is 28.4. The number of benzene rings is 7. The average molecular weight is 628 g/mol. The molecule has 1 aromatic heterocycles. The van der Waals surface area contributed by atoms with Gasteiger partial charge in [-0.3, -0.25) is 0 Å². The van der Waals surface area contributed by atoms with Gasteiger partial charge in [0, 0.05) is 21.8 Å². The summed E-state index contributed by atoms with van der Waals surface area (Å²) in [5, 5.41) is 2.65. The van der Waals surface area contributed by atoms with Crippen molar-refractivity contribution in [1.29, 1.82) is 0 Å². The lowest BCUT2D eigenvalue weighted by atomic mass is 9.82. The van der Waals surface area contributed by atoms with E-state index in [1.54, 1.807) is 0 Å². The Morgan fingerprint density at radius 1 is 0.449 bits per heavy atom. The smallest absolute Gasteiger partial charge is 0.0547 e. The van der Waals surface area contributed by atoms with Crippen LogP contribution >= 0.6 is 0 Å². The van der Waals surface area contributed by atoms with Crippen LogP contribution in [0, 0.1) is 13.8 Å². The minimum absolute atomic E-state index is 0.0531. The molecule has 0 radical (unpaired) electrons. The van der Waals surface area contributed by atoms with Crippen molar-refractivity contribution in [1.82, 2.24) is 4.57 Å². The first-order valence-corrected chi connectivity index (χ1v) is 17.5. The van der Waals surface area contributed by atoms with Crippen molar-refractivity contribution >= 4 is 21.8 Å². The Labute approximate surface area is 288 Å². The zero-order chi connectivity index (χ0) is 33.0. The molecule has 7 aromatic carbocycles. The van der Waals surface area contributed by atoms with Crippen LogP contribution in [0.15, 0.2) is 140 Å². The van der Waals surface area contributed by atoms with Crippen LogP contribution < -0.4 is 0 Å². The molecule has 0 saturated carbocycles. The van der Waals surface area contributed by atoms with Crippen molar-refractivity contribution in [2.75, 3.05) is 0 Å². The van der Waals surface area contributed by atoms with Crippen LogP contribution in [0.3, 0.4) is 0 Å². The maximum atomic E-state index is 2.54. The van der Waals surface area contributed by atoms with Gasteiger partial charge in [-0.25, -0.2) is 0 Å². The number of rotatable bonds is 3. The van der Waals surface area contributed by atoms with Crippen LogP contribution in [-0.4, -0.2) is 4.57 Å². The second-order valence-corrected chi connectivity index (χ2v) is 14.5. The first-order valence-electron chi connectivity index (χ1n) is 17.5. The minimum Gasteiger partial charge on any atom is -0.309 e. The molecule has 0 unspecified atom stereocenters. The fraction of sp³-hybridized carbons (Fsp3) is 0.125. The Morgan fingerprint density at radius 3 is 1.94 bits per heavy atom. The van der Waals surface area contributed by atoms with Gasteiger partial charge in [-0.05, 0) is 111 Å². The molecule has 0 saturated heterocycles. The van der Waals surface area contributed by atoms with Gasteiger partial charge in [0.25, 0.3) is 0 Å². The van der Waals surface area contributed by atoms with Crippen LogP contribution in [0.2, 0.25) is 0 Å². The van der Waals surface area contributed by atoms with Crippen LogP contribution in [-0.2, 0) is 11.8 Å². The number of hydrogen-bond donors (Lipinski definition) is 0. The van der Waals surface area contributed by atoms with Gasteiger partial charge in [-0.1, -0.05) is 135 Å². The molecule has 234 valence electrons. The topological polar surface area (TPSA) is 4.93 Å². The Kier molecular flexibility index (Phi) is 5.89. The number of aromatic nitrogens is 1. The Balaban J connectivity index is 1.29. The summed E-state index contributed by atoms with van der Waals surface area (Å²) in [6.45, 7) is 9.31. The van der Waals surface area contributed by atoms with Gasteiger partial charge in [-0.15, -0.1) is 0 Å². The zero-order valence-corrected chi connectivity index (χ0v) is 28.4. The Bertz CT molecular complexity index is 2680. The molecule has 0 N–H and O–H groups in total. The second kappa shape index (κ2) is 10.2. The quantitative estimate of drug-likeness (QED) is 0.184. The van der Waals surface area contributed by atoms with Gasteiger partial charge in [0.1, 0.15) is 0 Å². The predicted octanol–water partition coefficient (Wildman–Crippen LogP) is 12.6. The molecule has 0 spiro atoms.